The normalized spacial score (nSPS) is 11.9. The van der Waals surface area contributed by atoms with Crippen LogP contribution >= 0.6 is 11.3 Å². The van der Waals surface area contributed by atoms with Crippen LogP contribution in [0.4, 0.5) is 0 Å². The Morgan fingerprint density at radius 2 is 1.82 bits per heavy atom. The van der Waals surface area contributed by atoms with Gasteiger partial charge in [-0.2, -0.15) is 0 Å². The molecule has 2 aromatic carbocycles. The number of sulfonamides is 1. The minimum absolute atomic E-state index is 0.0271. The Bertz CT molecular complexity index is 1090. The third-order valence-corrected chi connectivity index (χ3v) is 6.65. The summed E-state index contributed by atoms with van der Waals surface area (Å²) in [6.45, 7) is 2.00. The lowest BCUT2D eigenvalue weighted by Gasteiger charge is -2.06. The number of nitrogens with one attached hydrogen (secondary N) is 1. The van der Waals surface area contributed by atoms with Gasteiger partial charge in [-0.05, 0) is 40.3 Å². The van der Waals surface area contributed by atoms with Crippen molar-refractivity contribution in [2.24, 2.45) is 0 Å². The van der Waals surface area contributed by atoms with Crippen molar-refractivity contribution in [2.75, 3.05) is 5.75 Å². The topological polar surface area (TPSA) is 63.2 Å². The fourth-order valence-electron chi connectivity index (χ4n) is 3.06. The van der Waals surface area contributed by atoms with Crippen LogP contribution in [0.5, 0.6) is 0 Å². The Morgan fingerprint density at radius 3 is 2.64 bits per heavy atom. The van der Waals surface area contributed by atoms with Crippen molar-refractivity contribution in [1.29, 1.82) is 0 Å². The van der Waals surface area contributed by atoms with Crippen molar-refractivity contribution in [2.45, 2.75) is 26.2 Å². The number of hydrogen-bond acceptors (Lipinski definition) is 4. The molecule has 0 aliphatic heterocycles. The maximum atomic E-state index is 12.1. The first kappa shape index (κ1) is 20.3. The predicted octanol–water partition coefficient (Wildman–Crippen LogP) is 5.22. The third-order valence-electron chi connectivity index (χ3n) is 4.43. The van der Waals surface area contributed by atoms with Gasteiger partial charge in [0.2, 0.25) is 10.0 Å². The summed E-state index contributed by atoms with van der Waals surface area (Å²) in [4.78, 5) is 13.0. The van der Waals surface area contributed by atoms with Crippen LogP contribution in [0.25, 0.3) is 28.0 Å². The van der Waals surface area contributed by atoms with E-state index in [1.165, 1.54) is 17.4 Å². The SMILES string of the molecule is CCCCCS(=O)(=O)NC(=O)C=Cc1sccc1-c1cccc2ccccc12. The van der Waals surface area contributed by atoms with Crippen molar-refractivity contribution in [3.05, 3.63) is 64.9 Å². The molecular weight excluding hydrogens is 390 g/mol. The number of carbonyl (C=O) groups is 1. The highest BCUT2D eigenvalue weighted by atomic mass is 32.2. The van der Waals surface area contributed by atoms with E-state index in [9.17, 15) is 13.2 Å². The summed E-state index contributed by atoms with van der Waals surface area (Å²) >= 11 is 1.51. The lowest BCUT2D eigenvalue weighted by molar-refractivity contribution is -0.114. The Hall–Kier alpha value is -2.44. The van der Waals surface area contributed by atoms with Crippen molar-refractivity contribution in [3.8, 4) is 11.1 Å². The highest BCUT2D eigenvalue weighted by Crippen LogP contribution is 2.34. The zero-order valence-electron chi connectivity index (χ0n) is 15.7. The molecule has 3 rings (SSSR count). The number of carbonyl (C=O) groups excluding carboxylic acids is 1. The molecule has 28 heavy (non-hydrogen) atoms. The van der Waals surface area contributed by atoms with E-state index in [0.717, 1.165) is 39.6 Å². The van der Waals surface area contributed by atoms with Gasteiger partial charge >= 0.3 is 0 Å². The Kier molecular flexibility index (Phi) is 6.65. The summed E-state index contributed by atoms with van der Waals surface area (Å²) in [6.07, 6.45) is 5.28. The van der Waals surface area contributed by atoms with Crippen molar-refractivity contribution in [3.63, 3.8) is 0 Å². The van der Waals surface area contributed by atoms with Gasteiger partial charge in [0.15, 0.2) is 0 Å². The number of fused-ring (bicyclic) bond motifs is 1. The Morgan fingerprint density at radius 1 is 1.04 bits per heavy atom. The molecule has 0 radical (unpaired) electrons. The fourth-order valence-corrected chi connectivity index (χ4v) is 4.93. The van der Waals surface area contributed by atoms with Gasteiger partial charge < -0.3 is 0 Å². The van der Waals surface area contributed by atoms with Gasteiger partial charge in [0.1, 0.15) is 0 Å². The lowest BCUT2D eigenvalue weighted by atomic mass is 9.99. The van der Waals surface area contributed by atoms with Gasteiger partial charge in [-0.3, -0.25) is 4.79 Å². The summed E-state index contributed by atoms with van der Waals surface area (Å²) in [5.41, 5.74) is 2.11. The first-order valence-corrected chi connectivity index (χ1v) is 11.8. The summed E-state index contributed by atoms with van der Waals surface area (Å²) in [7, 11) is -3.58. The van der Waals surface area contributed by atoms with Gasteiger partial charge in [-0.1, -0.05) is 62.2 Å². The molecule has 4 nitrogen and oxygen atoms in total. The number of benzene rings is 2. The molecule has 1 amide bonds. The highest BCUT2D eigenvalue weighted by molar-refractivity contribution is 7.90. The minimum atomic E-state index is -3.58. The zero-order valence-corrected chi connectivity index (χ0v) is 17.4. The van der Waals surface area contributed by atoms with Crippen LogP contribution in [0, 0.1) is 0 Å². The average molecular weight is 414 g/mol. The molecule has 0 aliphatic carbocycles. The summed E-state index contributed by atoms with van der Waals surface area (Å²) in [6, 6.07) is 16.3. The maximum absolute atomic E-state index is 12.1. The largest absolute Gasteiger partial charge is 0.269 e. The highest BCUT2D eigenvalue weighted by Gasteiger charge is 2.13. The molecule has 0 bridgehead atoms. The minimum Gasteiger partial charge on any atom is -0.269 e. The monoisotopic (exact) mass is 413 g/mol. The summed E-state index contributed by atoms with van der Waals surface area (Å²) < 4.78 is 26.0. The van der Waals surface area contributed by atoms with Gasteiger partial charge in [-0.15, -0.1) is 11.3 Å². The van der Waals surface area contributed by atoms with Crippen LogP contribution < -0.4 is 4.72 Å². The molecule has 146 valence electrons. The lowest BCUT2D eigenvalue weighted by Crippen LogP contribution is -2.31. The van der Waals surface area contributed by atoms with E-state index in [4.69, 9.17) is 0 Å². The fraction of sp³-hybridized carbons (Fsp3) is 0.227. The second-order valence-corrected chi connectivity index (χ2v) is 9.34. The van der Waals surface area contributed by atoms with Gasteiger partial charge in [0, 0.05) is 16.5 Å². The molecule has 1 N–H and O–H groups in total. The van der Waals surface area contributed by atoms with Gasteiger partial charge in [-0.25, -0.2) is 13.1 Å². The molecular formula is C22H23NO3S2. The Labute approximate surface area is 170 Å². The van der Waals surface area contributed by atoms with Crippen LogP contribution in [0.15, 0.2) is 60.0 Å². The Balaban J connectivity index is 1.78. The number of unbranched alkanes of at least 4 members (excludes halogenated alkanes) is 2. The van der Waals surface area contributed by atoms with Crippen LogP contribution in [-0.4, -0.2) is 20.1 Å². The van der Waals surface area contributed by atoms with E-state index in [1.54, 1.807) is 6.08 Å². The van der Waals surface area contributed by atoms with E-state index in [1.807, 2.05) is 36.6 Å². The molecule has 0 aliphatic rings. The average Bonchev–Trinajstić information content (AvgIpc) is 3.14. The second kappa shape index (κ2) is 9.17. The van der Waals surface area contributed by atoms with Crippen molar-refractivity contribution >= 4 is 44.1 Å². The molecule has 1 aromatic heterocycles. The summed E-state index contributed by atoms with van der Waals surface area (Å²) in [5, 5.41) is 4.26. The van der Waals surface area contributed by atoms with Crippen molar-refractivity contribution < 1.29 is 13.2 Å². The second-order valence-electron chi connectivity index (χ2n) is 6.55. The molecule has 6 heteroatoms. The van der Waals surface area contributed by atoms with Gasteiger partial charge in [0.05, 0.1) is 5.75 Å². The van der Waals surface area contributed by atoms with Crippen LogP contribution in [0.1, 0.15) is 31.1 Å². The first-order valence-electron chi connectivity index (χ1n) is 9.28. The summed E-state index contributed by atoms with van der Waals surface area (Å²) in [5.74, 6) is -0.644. The maximum Gasteiger partial charge on any atom is 0.257 e. The van der Waals surface area contributed by atoms with E-state index >= 15 is 0 Å². The number of rotatable bonds is 8. The predicted molar refractivity (Wildman–Crippen MR) is 118 cm³/mol. The van der Waals surface area contributed by atoms with E-state index in [-0.39, 0.29) is 5.75 Å². The number of amides is 1. The molecule has 0 atom stereocenters. The van der Waals surface area contributed by atoms with Crippen LogP contribution in [0.2, 0.25) is 0 Å². The molecule has 0 spiro atoms. The first-order chi connectivity index (χ1) is 13.5. The zero-order chi connectivity index (χ0) is 20.0. The third kappa shape index (κ3) is 5.09. The standard InChI is InChI=1S/C22H23NO3S2/c1-2-3-6-16-28(25,26)23-22(24)13-12-21-20(14-15-27-21)19-11-7-9-17-8-4-5-10-18(17)19/h4-5,7-15H,2-3,6,16H2,1H3,(H,23,24). The van der Waals surface area contributed by atoms with Crippen LogP contribution in [-0.2, 0) is 14.8 Å². The molecule has 0 saturated heterocycles. The van der Waals surface area contributed by atoms with Crippen LogP contribution in [0.3, 0.4) is 0 Å². The smallest absolute Gasteiger partial charge is 0.257 e. The van der Waals surface area contributed by atoms with Gasteiger partial charge in [0.25, 0.3) is 5.91 Å². The van der Waals surface area contributed by atoms with E-state index in [2.05, 4.69) is 29.0 Å². The number of thiophene rings is 1. The quantitative estimate of drug-likeness (QED) is 0.407. The van der Waals surface area contributed by atoms with Crippen molar-refractivity contribution in [1.82, 2.24) is 4.72 Å². The van der Waals surface area contributed by atoms with E-state index < -0.39 is 15.9 Å². The number of hydrogen-bond donors (Lipinski definition) is 1. The molecule has 0 saturated carbocycles. The molecule has 1 heterocycles. The molecule has 0 unspecified atom stereocenters. The van der Waals surface area contributed by atoms with E-state index in [0.29, 0.717) is 6.42 Å². The molecule has 3 aromatic rings. The molecule has 0 fully saturated rings.